The average molecular weight is 516 g/mol. The number of nitrogens with zero attached hydrogens (tertiary/aromatic N) is 1. The number of ether oxygens (including phenoxy) is 3. The summed E-state index contributed by atoms with van der Waals surface area (Å²) in [5.41, 5.74) is 2.88. The first-order valence-electron chi connectivity index (χ1n) is 12.0. The van der Waals surface area contributed by atoms with Gasteiger partial charge in [0, 0.05) is 12.0 Å². The van der Waals surface area contributed by atoms with Gasteiger partial charge >= 0.3 is 0 Å². The van der Waals surface area contributed by atoms with E-state index in [1.54, 1.807) is 48.5 Å². The Morgan fingerprint density at radius 1 is 0.919 bits per heavy atom. The minimum Gasteiger partial charge on any atom is -0.504 e. The summed E-state index contributed by atoms with van der Waals surface area (Å²) in [6.45, 7) is 2.32. The van der Waals surface area contributed by atoms with Gasteiger partial charge in [0.2, 0.25) is 6.79 Å². The van der Waals surface area contributed by atoms with Crippen LogP contribution in [0.2, 0.25) is 0 Å². The van der Waals surface area contributed by atoms with Gasteiger partial charge in [-0.2, -0.15) is 0 Å². The number of anilines is 1. The van der Waals surface area contributed by atoms with Crippen molar-refractivity contribution in [2.75, 3.05) is 11.1 Å². The van der Waals surface area contributed by atoms with Crippen molar-refractivity contribution >= 4 is 15.7 Å². The minimum absolute atomic E-state index is 0.0371. The third-order valence-corrected chi connectivity index (χ3v) is 8.65. The van der Waals surface area contributed by atoms with Gasteiger partial charge in [0.05, 0.1) is 16.6 Å². The lowest BCUT2D eigenvalue weighted by Gasteiger charge is -2.29. The van der Waals surface area contributed by atoms with Gasteiger partial charge in [-0.3, -0.25) is 4.31 Å². The molecule has 2 aliphatic rings. The molecule has 8 heteroatoms. The average Bonchev–Trinajstić information content (AvgIpc) is 3.50. The molecule has 0 saturated carbocycles. The molecule has 0 amide bonds. The van der Waals surface area contributed by atoms with Gasteiger partial charge in [-0.25, -0.2) is 8.42 Å². The maximum atomic E-state index is 14.1. The topological polar surface area (TPSA) is 85.3 Å². The molecule has 0 bridgehead atoms. The number of rotatable bonds is 6. The molecule has 0 radical (unpaired) electrons. The second kappa shape index (κ2) is 9.05. The summed E-state index contributed by atoms with van der Waals surface area (Å²) in [5, 5.41) is 10.8. The van der Waals surface area contributed by atoms with Gasteiger partial charge in [0.1, 0.15) is 6.61 Å². The van der Waals surface area contributed by atoms with E-state index >= 15 is 0 Å². The molecule has 7 nitrogen and oxygen atoms in total. The minimum atomic E-state index is -3.97. The Bertz CT molecular complexity index is 1560. The van der Waals surface area contributed by atoms with Crippen LogP contribution in [-0.4, -0.2) is 20.3 Å². The SMILES string of the molecule is C[C@H]1c2cc(O)c(OCc3ccccc3)cc2N(S(=O)(=O)c2ccccc2)[C@@H]1c1ccc2c(c1)OCO2. The lowest BCUT2D eigenvalue weighted by molar-refractivity contribution is 0.174. The van der Waals surface area contributed by atoms with Gasteiger partial charge < -0.3 is 19.3 Å². The standard InChI is InChI=1S/C29H25NO6S/c1-19-23-15-25(31)27(34-17-20-8-4-2-5-9-20)16-24(23)30(37(32,33)22-10-6-3-7-11-22)29(19)21-12-13-26-28(14-21)36-18-35-26/h2-16,19,29,31H,17-18H2,1H3/t19-,29-/m0/s1. The zero-order chi connectivity index (χ0) is 25.6. The molecule has 2 heterocycles. The molecule has 0 aliphatic carbocycles. The highest BCUT2D eigenvalue weighted by Gasteiger charge is 2.45. The molecule has 0 saturated heterocycles. The lowest BCUT2D eigenvalue weighted by atomic mass is 9.92. The number of hydrogen-bond donors (Lipinski definition) is 1. The second-order valence-electron chi connectivity index (χ2n) is 9.11. The molecule has 4 aromatic carbocycles. The maximum Gasteiger partial charge on any atom is 0.264 e. The van der Waals surface area contributed by atoms with Crippen LogP contribution in [0.15, 0.2) is 95.9 Å². The van der Waals surface area contributed by atoms with Crippen LogP contribution in [0.3, 0.4) is 0 Å². The van der Waals surface area contributed by atoms with Gasteiger partial charge in [0.15, 0.2) is 23.0 Å². The first-order chi connectivity index (χ1) is 17.9. The number of aromatic hydroxyl groups is 1. The maximum absolute atomic E-state index is 14.1. The molecule has 2 aliphatic heterocycles. The van der Waals surface area contributed by atoms with Gasteiger partial charge in [0.25, 0.3) is 10.0 Å². The van der Waals surface area contributed by atoms with Crippen molar-refractivity contribution in [3.63, 3.8) is 0 Å². The number of benzene rings is 4. The molecule has 4 aromatic rings. The molecule has 0 unspecified atom stereocenters. The highest BCUT2D eigenvalue weighted by molar-refractivity contribution is 7.92. The number of hydrogen-bond acceptors (Lipinski definition) is 6. The molecule has 2 atom stereocenters. The molecule has 6 rings (SSSR count). The van der Waals surface area contributed by atoms with Crippen molar-refractivity contribution < 1.29 is 27.7 Å². The van der Waals surface area contributed by atoms with Crippen molar-refractivity contribution in [3.05, 3.63) is 108 Å². The quantitative estimate of drug-likeness (QED) is 0.352. The normalized spacial score (nSPS) is 18.0. The van der Waals surface area contributed by atoms with Crippen LogP contribution >= 0.6 is 0 Å². The van der Waals surface area contributed by atoms with Gasteiger partial charge in [-0.1, -0.05) is 61.5 Å². The van der Waals surface area contributed by atoms with E-state index in [1.807, 2.05) is 49.4 Å². The van der Waals surface area contributed by atoms with Crippen LogP contribution in [0, 0.1) is 0 Å². The van der Waals surface area contributed by atoms with E-state index in [0.717, 1.165) is 11.1 Å². The Labute approximate surface area is 215 Å². The summed E-state index contributed by atoms with van der Waals surface area (Å²) >= 11 is 0. The predicted octanol–water partition coefficient (Wildman–Crippen LogP) is 5.75. The molecular weight excluding hydrogens is 490 g/mol. The highest BCUT2D eigenvalue weighted by atomic mass is 32.2. The summed E-state index contributed by atoms with van der Waals surface area (Å²) in [6, 6.07) is 26.1. The first kappa shape index (κ1) is 23.2. The fraction of sp³-hybridized carbons (Fsp3) is 0.172. The van der Waals surface area contributed by atoms with E-state index < -0.39 is 16.1 Å². The number of phenols is 1. The predicted molar refractivity (Wildman–Crippen MR) is 139 cm³/mol. The van der Waals surface area contributed by atoms with Crippen LogP contribution in [0.25, 0.3) is 0 Å². The zero-order valence-electron chi connectivity index (χ0n) is 20.1. The first-order valence-corrected chi connectivity index (χ1v) is 13.4. The molecule has 0 aromatic heterocycles. The van der Waals surface area contributed by atoms with E-state index in [9.17, 15) is 13.5 Å². The van der Waals surface area contributed by atoms with Gasteiger partial charge in [-0.05, 0) is 47.0 Å². The van der Waals surface area contributed by atoms with E-state index in [0.29, 0.717) is 22.7 Å². The van der Waals surface area contributed by atoms with Crippen molar-refractivity contribution in [1.29, 1.82) is 0 Å². The van der Waals surface area contributed by atoms with Crippen LogP contribution in [-0.2, 0) is 16.6 Å². The Morgan fingerprint density at radius 2 is 1.62 bits per heavy atom. The third-order valence-electron chi connectivity index (χ3n) is 6.84. The molecule has 0 spiro atoms. The fourth-order valence-corrected chi connectivity index (χ4v) is 6.76. The molecule has 0 fully saturated rings. The molecule has 1 N–H and O–H groups in total. The van der Waals surface area contributed by atoms with Crippen molar-refractivity contribution in [1.82, 2.24) is 0 Å². The summed E-state index contributed by atoms with van der Waals surface area (Å²) in [7, 11) is -3.97. The number of sulfonamides is 1. The van der Waals surface area contributed by atoms with E-state index in [1.165, 1.54) is 4.31 Å². The van der Waals surface area contributed by atoms with Gasteiger partial charge in [-0.15, -0.1) is 0 Å². The van der Waals surface area contributed by atoms with Crippen LogP contribution in [0.1, 0.15) is 35.6 Å². The highest BCUT2D eigenvalue weighted by Crippen LogP contribution is 2.54. The largest absolute Gasteiger partial charge is 0.504 e. The number of fused-ring (bicyclic) bond motifs is 2. The van der Waals surface area contributed by atoms with Crippen molar-refractivity contribution in [2.24, 2.45) is 0 Å². The van der Waals surface area contributed by atoms with Crippen LogP contribution in [0.4, 0.5) is 5.69 Å². The summed E-state index contributed by atoms with van der Waals surface area (Å²) in [5.74, 6) is 1.12. The Morgan fingerprint density at radius 3 is 2.38 bits per heavy atom. The monoisotopic (exact) mass is 515 g/mol. The lowest BCUT2D eigenvalue weighted by Crippen LogP contribution is -2.33. The smallest absolute Gasteiger partial charge is 0.264 e. The van der Waals surface area contributed by atoms with E-state index in [4.69, 9.17) is 14.2 Å². The number of phenolic OH excluding ortho intramolecular Hbond substituents is 1. The van der Waals surface area contributed by atoms with Crippen LogP contribution < -0.4 is 18.5 Å². The summed E-state index contributed by atoms with van der Waals surface area (Å²) in [4.78, 5) is 0.181. The Hall–Kier alpha value is -4.17. The van der Waals surface area contributed by atoms with Crippen molar-refractivity contribution in [2.45, 2.75) is 30.4 Å². The van der Waals surface area contributed by atoms with E-state index in [2.05, 4.69) is 0 Å². The summed E-state index contributed by atoms with van der Waals surface area (Å²) in [6.07, 6.45) is 0. The van der Waals surface area contributed by atoms with Crippen molar-refractivity contribution in [3.8, 4) is 23.0 Å². The molecular formula is C29H25NO6S. The molecule has 37 heavy (non-hydrogen) atoms. The fourth-order valence-electron chi connectivity index (χ4n) is 5.01. The Balaban J connectivity index is 1.47. The third kappa shape index (κ3) is 4.03. The van der Waals surface area contributed by atoms with E-state index in [-0.39, 0.29) is 35.7 Å². The Kier molecular flexibility index (Phi) is 5.68. The summed E-state index contributed by atoms with van der Waals surface area (Å²) < 4.78 is 46.6. The zero-order valence-corrected chi connectivity index (χ0v) is 20.9. The van der Waals surface area contributed by atoms with Crippen LogP contribution in [0.5, 0.6) is 23.0 Å². The second-order valence-corrected chi connectivity index (χ2v) is 10.9. The molecule has 188 valence electrons.